The molecule has 1 unspecified atom stereocenters. The third-order valence-corrected chi connectivity index (χ3v) is 3.13. The summed E-state index contributed by atoms with van der Waals surface area (Å²) in [7, 11) is 0. The summed E-state index contributed by atoms with van der Waals surface area (Å²) in [5.41, 5.74) is 2.36. The Morgan fingerprint density at radius 3 is 2.24 bits per heavy atom. The Hall–Kier alpha value is -1.12. The quantitative estimate of drug-likeness (QED) is 0.842. The molecule has 1 aromatic heterocycles. The molecule has 1 atom stereocenters. The Labute approximate surface area is 105 Å². The summed E-state index contributed by atoms with van der Waals surface area (Å²) in [5.74, 6) is 2.86. The maximum Gasteiger partial charge on any atom is 0.133 e. The van der Waals surface area contributed by atoms with E-state index in [1.54, 1.807) is 0 Å². The van der Waals surface area contributed by atoms with E-state index in [-0.39, 0.29) is 0 Å². The summed E-state index contributed by atoms with van der Waals surface area (Å²) in [6, 6.07) is 0. The lowest BCUT2D eigenvalue weighted by Gasteiger charge is -2.18. The molecule has 0 aliphatic rings. The van der Waals surface area contributed by atoms with Crippen molar-refractivity contribution in [3.05, 3.63) is 17.1 Å². The molecule has 17 heavy (non-hydrogen) atoms. The highest BCUT2D eigenvalue weighted by molar-refractivity contribution is 5.48. The molecule has 3 nitrogen and oxygen atoms in total. The van der Waals surface area contributed by atoms with E-state index in [9.17, 15) is 0 Å². The zero-order valence-corrected chi connectivity index (χ0v) is 12.0. The molecule has 0 bridgehead atoms. The van der Waals surface area contributed by atoms with Crippen molar-refractivity contribution in [1.29, 1.82) is 0 Å². The predicted octanol–water partition coefficient (Wildman–Crippen LogP) is 3.85. The fourth-order valence-electron chi connectivity index (χ4n) is 2.00. The normalized spacial score (nSPS) is 12.9. The summed E-state index contributed by atoms with van der Waals surface area (Å²) in [6.45, 7) is 13.8. The average Bonchev–Trinajstić information content (AvgIpc) is 2.27. The minimum atomic E-state index is 0.423. The Kier molecular flexibility index (Phi) is 4.91. The van der Waals surface area contributed by atoms with Crippen molar-refractivity contribution in [3.63, 3.8) is 0 Å². The van der Waals surface area contributed by atoms with Crippen LogP contribution in [0, 0.1) is 6.92 Å². The van der Waals surface area contributed by atoms with Crippen LogP contribution in [0.4, 0.5) is 5.82 Å². The third-order valence-electron chi connectivity index (χ3n) is 3.13. The molecule has 1 heterocycles. The molecule has 0 aromatic carbocycles. The molecule has 1 rings (SSSR count). The van der Waals surface area contributed by atoms with E-state index in [1.807, 2.05) is 0 Å². The van der Waals surface area contributed by atoms with Crippen molar-refractivity contribution in [2.45, 2.75) is 59.8 Å². The Morgan fingerprint density at radius 1 is 1.12 bits per heavy atom. The van der Waals surface area contributed by atoms with E-state index in [0.717, 1.165) is 30.3 Å². The van der Waals surface area contributed by atoms with Gasteiger partial charge in [0, 0.05) is 23.7 Å². The Balaban J connectivity index is 3.25. The number of rotatable bonds is 5. The standard InChI is InChI=1S/C14H25N3/c1-7-10(5)13-16-11(6)12(9(3)4)14(17-13)15-8-2/h9-10H,7-8H2,1-6H3,(H,15,16,17). The van der Waals surface area contributed by atoms with Gasteiger partial charge in [0.2, 0.25) is 0 Å². The van der Waals surface area contributed by atoms with Crippen molar-refractivity contribution in [2.24, 2.45) is 0 Å². The second-order valence-electron chi connectivity index (χ2n) is 4.92. The molecule has 0 saturated heterocycles. The Morgan fingerprint density at radius 2 is 1.76 bits per heavy atom. The zero-order valence-electron chi connectivity index (χ0n) is 12.0. The number of hydrogen-bond acceptors (Lipinski definition) is 3. The third kappa shape index (κ3) is 3.18. The number of aryl methyl sites for hydroxylation is 1. The zero-order chi connectivity index (χ0) is 13.0. The van der Waals surface area contributed by atoms with Gasteiger partial charge in [-0.05, 0) is 26.2 Å². The summed E-state index contributed by atoms with van der Waals surface area (Å²) in [4.78, 5) is 9.35. The molecule has 96 valence electrons. The average molecular weight is 235 g/mol. The predicted molar refractivity (Wildman–Crippen MR) is 73.7 cm³/mol. The molecule has 0 saturated carbocycles. The largest absolute Gasteiger partial charge is 0.370 e. The fourth-order valence-corrected chi connectivity index (χ4v) is 2.00. The van der Waals surface area contributed by atoms with Crippen LogP contribution in [0.5, 0.6) is 0 Å². The first kappa shape index (κ1) is 13.9. The van der Waals surface area contributed by atoms with Crippen LogP contribution >= 0.6 is 0 Å². The van der Waals surface area contributed by atoms with Gasteiger partial charge < -0.3 is 5.32 Å². The molecule has 0 aliphatic carbocycles. The van der Waals surface area contributed by atoms with Crippen LogP contribution < -0.4 is 5.32 Å². The number of hydrogen-bond donors (Lipinski definition) is 1. The van der Waals surface area contributed by atoms with Crippen molar-refractivity contribution in [2.75, 3.05) is 11.9 Å². The van der Waals surface area contributed by atoms with Gasteiger partial charge in [0.25, 0.3) is 0 Å². The minimum absolute atomic E-state index is 0.423. The smallest absolute Gasteiger partial charge is 0.133 e. The fraction of sp³-hybridized carbons (Fsp3) is 0.714. The molecule has 1 aromatic rings. The molecule has 0 amide bonds. The van der Waals surface area contributed by atoms with E-state index in [0.29, 0.717) is 11.8 Å². The molecule has 0 radical (unpaired) electrons. The number of anilines is 1. The highest BCUT2D eigenvalue weighted by Crippen LogP contribution is 2.27. The van der Waals surface area contributed by atoms with Gasteiger partial charge in [-0.2, -0.15) is 0 Å². The van der Waals surface area contributed by atoms with Gasteiger partial charge in [0.1, 0.15) is 11.6 Å². The van der Waals surface area contributed by atoms with Crippen LogP contribution in [0.1, 0.15) is 70.0 Å². The number of nitrogens with one attached hydrogen (secondary N) is 1. The topological polar surface area (TPSA) is 37.8 Å². The first-order chi connectivity index (χ1) is 8.01. The van der Waals surface area contributed by atoms with E-state index < -0.39 is 0 Å². The Bertz CT molecular complexity index is 372. The van der Waals surface area contributed by atoms with Crippen molar-refractivity contribution in [3.8, 4) is 0 Å². The van der Waals surface area contributed by atoms with Crippen LogP contribution in [0.15, 0.2) is 0 Å². The van der Waals surface area contributed by atoms with Crippen LogP contribution in [-0.2, 0) is 0 Å². The highest BCUT2D eigenvalue weighted by Gasteiger charge is 2.16. The van der Waals surface area contributed by atoms with Crippen LogP contribution in [0.3, 0.4) is 0 Å². The van der Waals surface area contributed by atoms with Gasteiger partial charge in [0.15, 0.2) is 0 Å². The first-order valence-electron chi connectivity index (χ1n) is 6.63. The SMILES string of the molecule is CCNc1nc(C(C)CC)nc(C)c1C(C)C. The number of nitrogens with zero attached hydrogens (tertiary/aromatic N) is 2. The number of aromatic nitrogens is 2. The van der Waals surface area contributed by atoms with Gasteiger partial charge in [0.05, 0.1) is 0 Å². The lowest BCUT2D eigenvalue weighted by molar-refractivity contribution is 0.668. The summed E-state index contributed by atoms with van der Waals surface area (Å²) < 4.78 is 0. The second-order valence-corrected chi connectivity index (χ2v) is 4.92. The second kappa shape index (κ2) is 5.99. The lowest BCUT2D eigenvalue weighted by Crippen LogP contribution is -2.12. The summed E-state index contributed by atoms with van der Waals surface area (Å²) in [6.07, 6.45) is 1.08. The highest BCUT2D eigenvalue weighted by atomic mass is 15.0. The van der Waals surface area contributed by atoms with Gasteiger partial charge in [-0.25, -0.2) is 9.97 Å². The summed E-state index contributed by atoms with van der Waals surface area (Å²) >= 11 is 0. The van der Waals surface area contributed by atoms with Gasteiger partial charge >= 0.3 is 0 Å². The lowest BCUT2D eigenvalue weighted by atomic mass is 10.0. The molecule has 1 N–H and O–H groups in total. The molecular formula is C14H25N3. The van der Waals surface area contributed by atoms with Gasteiger partial charge in [-0.1, -0.05) is 27.7 Å². The molecule has 0 aliphatic heterocycles. The van der Waals surface area contributed by atoms with Crippen LogP contribution in [0.2, 0.25) is 0 Å². The first-order valence-corrected chi connectivity index (χ1v) is 6.63. The van der Waals surface area contributed by atoms with Crippen molar-refractivity contribution in [1.82, 2.24) is 9.97 Å². The maximum atomic E-state index is 4.69. The van der Waals surface area contributed by atoms with Gasteiger partial charge in [-0.15, -0.1) is 0 Å². The molecule has 0 spiro atoms. The molecule has 0 fully saturated rings. The van der Waals surface area contributed by atoms with E-state index in [1.165, 1.54) is 5.56 Å². The van der Waals surface area contributed by atoms with E-state index >= 15 is 0 Å². The van der Waals surface area contributed by atoms with Crippen molar-refractivity contribution < 1.29 is 0 Å². The van der Waals surface area contributed by atoms with Crippen molar-refractivity contribution >= 4 is 5.82 Å². The maximum absolute atomic E-state index is 4.69. The van der Waals surface area contributed by atoms with E-state index in [4.69, 9.17) is 4.98 Å². The van der Waals surface area contributed by atoms with Crippen LogP contribution in [0.25, 0.3) is 0 Å². The minimum Gasteiger partial charge on any atom is -0.370 e. The van der Waals surface area contributed by atoms with Crippen LogP contribution in [-0.4, -0.2) is 16.5 Å². The molecular weight excluding hydrogens is 210 g/mol. The van der Waals surface area contributed by atoms with Gasteiger partial charge in [-0.3, -0.25) is 0 Å². The summed E-state index contributed by atoms with van der Waals surface area (Å²) in [5, 5.41) is 3.37. The van der Waals surface area contributed by atoms with E-state index in [2.05, 4.69) is 51.8 Å². The monoisotopic (exact) mass is 235 g/mol. The molecule has 3 heteroatoms.